The van der Waals surface area contributed by atoms with E-state index in [1.165, 1.54) is 0 Å². The van der Waals surface area contributed by atoms with Gasteiger partial charge in [-0.15, -0.1) is 5.10 Å². The number of aromatic nitrogens is 4. The van der Waals surface area contributed by atoms with Crippen molar-refractivity contribution in [2.75, 3.05) is 5.73 Å². The van der Waals surface area contributed by atoms with Gasteiger partial charge in [-0.1, -0.05) is 15.9 Å². The summed E-state index contributed by atoms with van der Waals surface area (Å²) in [6.45, 7) is 4.69. The number of hydrogen-bond acceptors (Lipinski definition) is 4. The van der Waals surface area contributed by atoms with Crippen LogP contribution in [0.3, 0.4) is 0 Å². The molecule has 0 fully saturated rings. The average Bonchev–Trinajstić information content (AvgIpc) is 2.71. The number of nitrogens with zero attached hydrogens (tertiary/aromatic N) is 4. The van der Waals surface area contributed by atoms with Crippen LogP contribution in [-0.2, 0) is 6.54 Å². The van der Waals surface area contributed by atoms with Crippen molar-refractivity contribution >= 4 is 21.6 Å². The van der Waals surface area contributed by atoms with Crippen LogP contribution >= 0.6 is 15.9 Å². The van der Waals surface area contributed by atoms with Crippen LogP contribution in [-0.4, -0.2) is 20.2 Å². The highest BCUT2D eigenvalue weighted by Crippen LogP contribution is 2.29. The van der Waals surface area contributed by atoms with Crippen molar-refractivity contribution in [1.29, 1.82) is 0 Å². The lowest BCUT2D eigenvalue weighted by molar-refractivity contribution is 0.631. The van der Waals surface area contributed by atoms with Gasteiger partial charge in [-0.3, -0.25) is 0 Å². The van der Waals surface area contributed by atoms with Crippen LogP contribution in [0.4, 0.5) is 5.69 Å². The summed E-state index contributed by atoms with van der Waals surface area (Å²) in [5.41, 5.74) is 8.59. The summed E-state index contributed by atoms with van der Waals surface area (Å²) in [4.78, 5) is 0. The van der Waals surface area contributed by atoms with E-state index in [2.05, 4.69) is 31.5 Å². The number of tetrazole rings is 1. The summed E-state index contributed by atoms with van der Waals surface area (Å²) in [5.74, 6) is 0.744. The van der Waals surface area contributed by atoms with Crippen molar-refractivity contribution in [3.63, 3.8) is 0 Å². The first-order chi connectivity index (χ1) is 7.63. The maximum absolute atomic E-state index is 5.91. The fourth-order valence-electron chi connectivity index (χ4n) is 1.54. The molecular formula is C10H12BrN5. The van der Waals surface area contributed by atoms with Gasteiger partial charge in [-0.2, -0.15) is 0 Å². The standard InChI is InChI=1S/C10H12BrN5/c1-3-16-10(13-14-15-16)8-4-7(11)5-9(12)6(8)2/h4-5H,3,12H2,1-2H3. The van der Waals surface area contributed by atoms with Crippen molar-refractivity contribution in [2.24, 2.45) is 0 Å². The molecule has 0 aliphatic rings. The average molecular weight is 282 g/mol. The molecule has 2 rings (SSSR count). The lowest BCUT2D eigenvalue weighted by atomic mass is 10.1. The molecule has 84 valence electrons. The molecule has 6 heteroatoms. The summed E-state index contributed by atoms with van der Waals surface area (Å²) in [6, 6.07) is 3.85. The summed E-state index contributed by atoms with van der Waals surface area (Å²) in [6.07, 6.45) is 0. The number of halogens is 1. The van der Waals surface area contributed by atoms with Gasteiger partial charge in [0.25, 0.3) is 0 Å². The molecule has 0 aliphatic carbocycles. The van der Waals surface area contributed by atoms with Crippen LogP contribution < -0.4 is 5.73 Å². The lowest BCUT2D eigenvalue weighted by Crippen LogP contribution is -2.02. The highest BCUT2D eigenvalue weighted by Gasteiger charge is 2.12. The van der Waals surface area contributed by atoms with Crippen LogP contribution in [0.1, 0.15) is 12.5 Å². The van der Waals surface area contributed by atoms with Crippen LogP contribution in [0.5, 0.6) is 0 Å². The van der Waals surface area contributed by atoms with Crippen LogP contribution in [0.2, 0.25) is 0 Å². The molecule has 5 nitrogen and oxygen atoms in total. The molecule has 2 N–H and O–H groups in total. The van der Waals surface area contributed by atoms with Gasteiger partial charge in [0.2, 0.25) is 0 Å². The van der Waals surface area contributed by atoms with Gasteiger partial charge in [-0.05, 0) is 42.0 Å². The quantitative estimate of drug-likeness (QED) is 0.855. The van der Waals surface area contributed by atoms with Gasteiger partial charge in [0.15, 0.2) is 5.82 Å². The molecule has 0 aliphatic heterocycles. The Morgan fingerprint density at radius 1 is 1.44 bits per heavy atom. The third kappa shape index (κ3) is 1.80. The highest BCUT2D eigenvalue weighted by molar-refractivity contribution is 9.10. The first-order valence-corrected chi connectivity index (χ1v) is 5.75. The molecule has 0 spiro atoms. The molecule has 1 aromatic heterocycles. The Morgan fingerprint density at radius 2 is 2.19 bits per heavy atom. The Bertz CT molecular complexity index is 520. The molecule has 1 aromatic carbocycles. The number of nitrogens with two attached hydrogens (primary N) is 1. The van der Waals surface area contributed by atoms with Crippen LogP contribution in [0.25, 0.3) is 11.4 Å². The second kappa shape index (κ2) is 4.21. The van der Waals surface area contributed by atoms with Gasteiger partial charge >= 0.3 is 0 Å². The van der Waals surface area contributed by atoms with E-state index in [4.69, 9.17) is 5.73 Å². The first kappa shape index (κ1) is 11.1. The maximum atomic E-state index is 5.91. The second-order valence-electron chi connectivity index (χ2n) is 3.49. The zero-order valence-corrected chi connectivity index (χ0v) is 10.7. The van der Waals surface area contributed by atoms with Crippen molar-refractivity contribution in [1.82, 2.24) is 20.2 Å². The van der Waals surface area contributed by atoms with Crippen molar-refractivity contribution in [3.8, 4) is 11.4 Å². The lowest BCUT2D eigenvalue weighted by Gasteiger charge is -2.08. The maximum Gasteiger partial charge on any atom is 0.182 e. The zero-order chi connectivity index (χ0) is 11.7. The van der Waals surface area contributed by atoms with E-state index in [-0.39, 0.29) is 0 Å². The van der Waals surface area contributed by atoms with E-state index >= 15 is 0 Å². The fourth-order valence-corrected chi connectivity index (χ4v) is 2.02. The van der Waals surface area contributed by atoms with Crippen LogP contribution in [0.15, 0.2) is 16.6 Å². The molecule has 1 heterocycles. The van der Waals surface area contributed by atoms with Gasteiger partial charge < -0.3 is 5.73 Å². The summed E-state index contributed by atoms with van der Waals surface area (Å²) >= 11 is 3.42. The first-order valence-electron chi connectivity index (χ1n) is 4.95. The minimum atomic E-state index is 0.730. The number of aryl methyl sites for hydroxylation is 1. The Labute approximate surface area is 102 Å². The van der Waals surface area contributed by atoms with Crippen molar-refractivity contribution in [3.05, 3.63) is 22.2 Å². The molecule has 0 radical (unpaired) electrons. The van der Waals surface area contributed by atoms with Crippen molar-refractivity contribution in [2.45, 2.75) is 20.4 Å². The third-order valence-electron chi connectivity index (χ3n) is 2.48. The van der Waals surface area contributed by atoms with Crippen molar-refractivity contribution < 1.29 is 0 Å². The molecule has 2 aromatic rings. The predicted molar refractivity (Wildman–Crippen MR) is 65.8 cm³/mol. The monoisotopic (exact) mass is 281 g/mol. The predicted octanol–water partition coefficient (Wildman–Crippen LogP) is 2.01. The number of benzene rings is 1. The Balaban J connectivity index is 2.64. The molecule has 0 amide bonds. The molecular weight excluding hydrogens is 270 g/mol. The number of nitrogen functional groups attached to an aromatic ring is 1. The highest BCUT2D eigenvalue weighted by atomic mass is 79.9. The number of rotatable bonds is 2. The molecule has 0 saturated carbocycles. The molecule has 0 atom stereocenters. The normalized spacial score (nSPS) is 10.7. The van der Waals surface area contributed by atoms with E-state index in [1.54, 1.807) is 4.68 Å². The third-order valence-corrected chi connectivity index (χ3v) is 2.94. The minimum Gasteiger partial charge on any atom is -0.398 e. The largest absolute Gasteiger partial charge is 0.398 e. The van der Waals surface area contributed by atoms with E-state index in [0.717, 1.165) is 33.7 Å². The molecule has 0 saturated heterocycles. The molecule has 0 bridgehead atoms. The second-order valence-corrected chi connectivity index (χ2v) is 4.40. The van der Waals surface area contributed by atoms with Crippen LogP contribution in [0, 0.1) is 6.92 Å². The zero-order valence-electron chi connectivity index (χ0n) is 9.11. The summed E-state index contributed by atoms with van der Waals surface area (Å²) in [7, 11) is 0. The molecule has 16 heavy (non-hydrogen) atoms. The van der Waals surface area contributed by atoms with Gasteiger partial charge in [-0.25, -0.2) is 4.68 Å². The van der Waals surface area contributed by atoms with E-state index in [1.807, 2.05) is 26.0 Å². The van der Waals surface area contributed by atoms with E-state index in [9.17, 15) is 0 Å². The van der Waals surface area contributed by atoms with Gasteiger partial charge in [0.1, 0.15) is 0 Å². The SMILES string of the molecule is CCn1nnnc1-c1cc(Br)cc(N)c1C. The van der Waals surface area contributed by atoms with Gasteiger partial charge in [0, 0.05) is 22.3 Å². The van der Waals surface area contributed by atoms with E-state index in [0.29, 0.717) is 0 Å². The molecule has 0 unspecified atom stereocenters. The summed E-state index contributed by atoms with van der Waals surface area (Å²) < 4.78 is 2.67. The summed E-state index contributed by atoms with van der Waals surface area (Å²) in [5, 5.41) is 11.6. The minimum absolute atomic E-state index is 0.730. The number of anilines is 1. The fraction of sp³-hybridized carbons (Fsp3) is 0.300. The smallest absolute Gasteiger partial charge is 0.182 e. The number of hydrogen-bond donors (Lipinski definition) is 1. The van der Waals surface area contributed by atoms with Gasteiger partial charge in [0.05, 0.1) is 0 Å². The Hall–Kier alpha value is -1.43. The Kier molecular flexibility index (Phi) is 2.91. The topological polar surface area (TPSA) is 69.6 Å². The van der Waals surface area contributed by atoms with E-state index < -0.39 is 0 Å². The Morgan fingerprint density at radius 3 is 2.88 bits per heavy atom.